The lowest BCUT2D eigenvalue weighted by Gasteiger charge is -2.17. The third kappa shape index (κ3) is 4.62. The summed E-state index contributed by atoms with van der Waals surface area (Å²) in [6.45, 7) is 6.62. The lowest BCUT2D eigenvalue weighted by atomic mass is 10.1. The maximum absolute atomic E-state index is 11.9. The molecule has 110 valence electrons. The molecule has 0 radical (unpaired) electrons. The number of carbonyl (C=O) groups is 1. The molecule has 1 amide bonds. The lowest BCUT2D eigenvalue weighted by Crippen LogP contribution is -2.29. The third-order valence-corrected chi connectivity index (χ3v) is 3.60. The number of carbonyl (C=O) groups excluding carboxylic acids is 1. The van der Waals surface area contributed by atoms with Crippen molar-refractivity contribution in [2.75, 3.05) is 31.5 Å². The number of likely N-dealkylation sites (tertiary alicyclic amines) is 1. The summed E-state index contributed by atoms with van der Waals surface area (Å²) in [5, 5.41) is 6.14. The van der Waals surface area contributed by atoms with E-state index in [1.54, 1.807) is 0 Å². The molecule has 20 heavy (non-hydrogen) atoms. The summed E-state index contributed by atoms with van der Waals surface area (Å²) in [4.78, 5) is 14.3. The summed E-state index contributed by atoms with van der Waals surface area (Å²) >= 11 is 0. The van der Waals surface area contributed by atoms with Gasteiger partial charge in [-0.05, 0) is 50.5 Å². The standard InChI is InChI=1S/C16H25N3O/c1-2-9-17-12-16(20)18-15-8-4-3-7-14(15)13-19-10-5-6-11-19/h3-4,7-8,17H,2,5-6,9-13H2,1H3,(H,18,20). The predicted molar refractivity (Wildman–Crippen MR) is 82.7 cm³/mol. The van der Waals surface area contributed by atoms with Gasteiger partial charge in [-0.15, -0.1) is 0 Å². The Morgan fingerprint density at radius 3 is 2.75 bits per heavy atom. The van der Waals surface area contributed by atoms with Gasteiger partial charge in [-0.25, -0.2) is 0 Å². The fraction of sp³-hybridized carbons (Fsp3) is 0.562. The second-order valence-electron chi connectivity index (χ2n) is 5.37. The molecule has 1 saturated heterocycles. The number of rotatable bonds is 7. The topological polar surface area (TPSA) is 44.4 Å². The van der Waals surface area contributed by atoms with Gasteiger partial charge in [-0.3, -0.25) is 9.69 Å². The van der Waals surface area contributed by atoms with Gasteiger partial charge in [0.05, 0.1) is 6.54 Å². The highest BCUT2D eigenvalue weighted by molar-refractivity contribution is 5.92. The van der Waals surface area contributed by atoms with Gasteiger partial charge in [0.15, 0.2) is 0 Å². The average Bonchev–Trinajstić information content (AvgIpc) is 2.94. The average molecular weight is 275 g/mol. The Balaban J connectivity index is 1.91. The summed E-state index contributed by atoms with van der Waals surface area (Å²) in [5.41, 5.74) is 2.15. The molecule has 1 aromatic carbocycles. The summed E-state index contributed by atoms with van der Waals surface area (Å²) in [5.74, 6) is 0.0346. The molecule has 1 fully saturated rings. The Morgan fingerprint density at radius 1 is 1.25 bits per heavy atom. The van der Waals surface area contributed by atoms with Crippen molar-refractivity contribution in [3.63, 3.8) is 0 Å². The largest absolute Gasteiger partial charge is 0.325 e. The number of amides is 1. The molecular formula is C16H25N3O. The van der Waals surface area contributed by atoms with Crippen LogP contribution in [0.4, 0.5) is 5.69 Å². The predicted octanol–water partition coefficient (Wildman–Crippen LogP) is 2.22. The number of nitrogens with zero attached hydrogens (tertiary/aromatic N) is 1. The van der Waals surface area contributed by atoms with Crippen LogP contribution in [-0.2, 0) is 11.3 Å². The van der Waals surface area contributed by atoms with Crippen molar-refractivity contribution in [3.05, 3.63) is 29.8 Å². The van der Waals surface area contributed by atoms with E-state index in [-0.39, 0.29) is 5.91 Å². The molecule has 1 heterocycles. The number of para-hydroxylation sites is 1. The second kappa shape index (κ2) is 8.02. The zero-order valence-corrected chi connectivity index (χ0v) is 12.3. The molecule has 0 saturated carbocycles. The van der Waals surface area contributed by atoms with Crippen LogP contribution in [0.5, 0.6) is 0 Å². The first-order valence-corrected chi connectivity index (χ1v) is 7.60. The van der Waals surface area contributed by atoms with Crippen LogP contribution >= 0.6 is 0 Å². The van der Waals surface area contributed by atoms with Crippen molar-refractivity contribution in [1.82, 2.24) is 10.2 Å². The van der Waals surface area contributed by atoms with Crippen LogP contribution in [0.1, 0.15) is 31.7 Å². The van der Waals surface area contributed by atoms with E-state index in [0.29, 0.717) is 6.54 Å². The summed E-state index contributed by atoms with van der Waals surface area (Å²) in [6, 6.07) is 8.11. The van der Waals surface area contributed by atoms with Gasteiger partial charge in [-0.2, -0.15) is 0 Å². The Kier molecular flexibility index (Phi) is 6.02. The normalized spacial score (nSPS) is 15.4. The van der Waals surface area contributed by atoms with E-state index in [1.807, 2.05) is 18.2 Å². The molecule has 2 rings (SSSR count). The second-order valence-corrected chi connectivity index (χ2v) is 5.37. The zero-order valence-electron chi connectivity index (χ0n) is 12.3. The van der Waals surface area contributed by atoms with Gasteiger partial charge < -0.3 is 10.6 Å². The fourth-order valence-electron chi connectivity index (χ4n) is 2.53. The summed E-state index contributed by atoms with van der Waals surface area (Å²) < 4.78 is 0. The first kappa shape index (κ1) is 15.0. The van der Waals surface area contributed by atoms with Crippen molar-refractivity contribution in [1.29, 1.82) is 0 Å². The molecule has 1 aliphatic rings. The smallest absolute Gasteiger partial charge is 0.238 e. The monoisotopic (exact) mass is 275 g/mol. The quantitative estimate of drug-likeness (QED) is 0.750. The number of benzene rings is 1. The van der Waals surface area contributed by atoms with Crippen LogP contribution in [0.3, 0.4) is 0 Å². The third-order valence-electron chi connectivity index (χ3n) is 3.60. The number of hydrogen-bond donors (Lipinski definition) is 2. The summed E-state index contributed by atoms with van der Waals surface area (Å²) in [7, 11) is 0. The Bertz CT molecular complexity index is 427. The van der Waals surface area contributed by atoms with Crippen LogP contribution in [-0.4, -0.2) is 37.0 Å². The van der Waals surface area contributed by atoms with Crippen molar-refractivity contribution >= 4 is 11.6 Å². The highest BCUT2D eigenvalue weighted by Crippen LogP contribution is 2.19. The van der Waals surface area contributed by atoms with Crippen molar-refractivity contribution in [3.8, 4) is 0 Å². The van der Waals surface area contributed by atoms with Crippen molar-refractivity contribution < 1.29 is 4.79 Å². The summed E-state index contributed by atoms with van der Waals surface area (Å²) in [6.07, 6.45) is 3.61. The van der Waals surface area contributed by atoms with Crippen LogP contribution in [0.25, 0.3) is 0 Å². The minimum absolute atomic E-state index is 0.0346. The minimum Gasteiger partial charge on any atom is -0.325 e. The first-order chi connectivity index (χ1) is 9.79. The van der Waals surface area contributed by atoms with Gasteiger partial charge in [0.1, 0.15) is 0 Å². The molecule has 0 spiro atoms. The number of hydrogen-bond acceptors (Lipinski definition) is 3. The molecule has 0 aliphatic carbocycles. The van der Waals surface area contributed by atoms with Crippen LogP contribution in [0.15, 0.2) is 24.3 Å². The van der Waals surface area contributed by atoms with E-state index in [1.165, 1.54) is 31.5 Å². The number of nitrogens with one attached hydrogen (secondary N) is 2. The van der Waals surface area contributed by atoms with E-state index in [9.17, 15) is 4.79 Å². The van der Waals surface area contributed by atoms with E-state index in [2.05, 4.69) is 28.5 Å². The van der Waals surface area contributed by atoms with E-state index < -0.39 is 0 Å². The molecule has 0 bridgehead atoms. The Hall–Kier alpha value is -1.39. The molecule has 0 aromatic heterocycles. The lowest BCUT2D eigenvalue weighted by molar-refractivity contribution is -0.115. The molecule has 1 aliphatic heterocycles. The van der Waals surface area contributed by atoms with E-state index >= 15 is 0 Å². The van der Waals surface area contributed by atoms with Crippen molar-refractivity contribution in [2.24, 2.45) is 0 Å². The molecule has 2 N–H and O–H groups in total. The van der Waals surface area contributed by atoms with E-state index in [0.717, 1.165) is 25.2 Å². The first-order valence-electron chi connectivity index (χ1n) is 7.60. The van der Waals surface area contributed by atoms with Gasteiger partial charge in [0.25, 0.3) is 0 Å². The SMILES string of the molecule is CCCNCC(=O)Nc1ccccc1CN1CCCC1. The van der Waals surface area contributed by atoms with Crippen LogP contribution in [0.2, 0.25) is 0 Å². The van der Waals surface area contributed by atoms with Gasteiger partial charge in [-0.1, -0.05) is 25.1 Å². The minimum atomic E-state index is 0.0346. The van der Waals surface area contributed by atoms with Gasteiger partial charge in [0, 0.05) is 12.2 Å². The highest BCUT2D eigenvalue weighted by Gasteiger charge is 2.14. The van der Waals surface area contributed by atoms with Crippen LogP contribution < -0.4 is 10.6 Å². The Morgan fingerprint density at radius 2 is 2.00 bits per heavy atom. The van der Waals surface area contributed by atoms with Gasteiger partial charge in [0.2, 0.25) is 5.91 Å². The zero-order chi connectivity index (χ0) is 14.2. The molecule has 4 nitrogen and oxygen atoms in total. The van der Waals surface area contributed by atoms with Crippen molar-refractivity contribution in [2.45, 2.75) is 32.7 Å². The molecule has 0 atom stereocenters. The molecule has 0 unspecified atom stereocenters. The van der Waals surface area contributed by atoms with Crippen LogP contribution in [0, 0.1) is 0 Å². The van der Waals surface area contributed by atoms with E-state index in [4.69, 9.17) is 0 Å². The fourth-order valence-corrected chi connectivity index (χ4v) is 2.53. The number of anilines is 1. The Labute approximate surface area is 121 Å². The molecule has 4 heteroatoms. The highest BCUT2D eigenvalue weighted by atomic mass is 16.1. The maximum Gasteiger partial charge on any atom is 0.238 e. The van der Waals surface area contributed by atoms with Gasteiger partial charge >= 0.3 is 0 Å². The molecule has 1 aromatic rings. The maximum atomic E-state index is 11.9. The molecular weight excluding hydrogens is 250 g/mol.